The molecule has 28 heavy (non-hydrogen) atoms. The molecule has 146 valence electrons. The summed E-state index contributed by atoms with van der Waals surface area (Å²) in [6.07, 6.45) is 0. The molecular weight excluding hydrogens is 374 g/mol. The second kappa shape index (κ2) is 8.14. The topological polar surface area (TPSA) is 67.5 Å². The van der Waals surface area contributed by atoms with E-state index in [4.69, 9.17) is 9.47 Å². The van der Waals surface area contributed by atoms with Gasteiger partial charge in [-0.2, -0.15) is 0 Å². The molecule has 0 fully saturated rings. The SMILES string of the molecule is CCN(Cc1ccc2c(c1)OCCO2)C(=O)CSc1nc2ccc(C)cc2[nH]1. The van der Waals surface area contributed by atoms with E-state index in [1.165, 1.54) is 17.3 Å². The van der Waals surface area contributed by atoms with Crippen LogP contribution in [-0.4, -0.2) is 46.3 Å². The number of ether oxygens (including phenoxy) is 2. The number of H-pyrrole nitrogens is 1. The molecule has 3 aromatic rings. The molecule has 0 saturated carbocycles. The number of amides is 1. The number of aromatic amines is 1. The molecule has 0 aliphatic carbocycles. The third kappa shape index (κ3) is 4.09. The van der Waals surface area contributed by atoms with Gasteiger partial charge in [-0.15, -0.1) is 0 Å². The van der Waals surface area contributed by atoms with Crippen LogP contribution < -0.4 is 9.47 Å². The fourth-order valence-corrected chi connectivity index (χ4v) is 3.96. The Morgan fingerprint density at radius 2 is 2.00 bits per heavy atom. The highest BCUT2D eigenvalue weighted by atomic mass is 32.2. The lowest BCUT2D eigenvalue weighted by Crippen LogP contribution is -2.31. The Kier molecular flexibility index (Phi) is 5.43. The zero-order valence-electron chi connectivity index (χ0n) is 16.0. The van der Waals surface area contributed by atoms with E-state index in [2.05, 4.69) is 16.0 Å². The van der Waals surface area contributed by atoms with Gasteiger partial charge in [0.05, 0.1) is 16.8 Å². The number of hydrogen-bond donors (Lipinski definition) is 1. The van der Waals surface area contributed by atoms with Crippen LogP contribution in [-0.2, 0) is 11.3 Å². The van der Waals surface area contributed by atoms with Crippen LogP contribution in [0.3, 0.4) is 0 Å². The summed E-state index contributed by atoms with van der Waals surface area (Å²) in [5.41, 5.74) is 4.13. The summed E-state index contributed by atoms with van der Waals surface area (Å²) >= 11 is 1.43. The molecule has 1 aromatic heterocycles. The quantitative estimate of drug-likeness (QED) is 0.641. The van der Waals surface area contributed by atoms with Gasteiger partial charge in [0.2, 0.25) is 5.91 Å². The maximum absolute atomic E-state index is 12.7. The Hall–Kier alpha value is -2.67. The largest absolute Gasteiger partial charge is 0.486 e. The second-order valence-electron chi connectivity index (χ2n) is 6.74. The molecule has 1 amide bonds. The number of thioether (sulfide) groups is 1. The molecular formula is C21H23N3O3S. The van der Waals surface area contributed by atoms with Crippen LogP contribution in [0.4, 0.5) is 0 Å². The van der Waals surface area contributed by atoms with E-state index in [0.29, 0.717) is 32.1 Å². The summed E-state index contributed by atoms with van der Waals surface area (Å²) in [6, 6.07) is 11.9. The summed E-state index contributed by atoms with van der Waals surface area (Å²) < 4.78 is 11.2. The lowest BCUT2D eigenvalue weighted by Gasteiger charge is -2.23. The highest BCUT2D eigenvalue weighted by Gasteiger charge is 2.17. The van der Waals surface area contributed by atoms with Crippen molar-refractivity contribution in [3.05, 3.63) is 47.5 Å². The molecule has 0 unspecified atom stereocenters. The number of rotatable bonds is 6. The van der Waals surface area contributed by atoms with E-state index >= 15 is 0 Å². The van der Waals surface area contributed by atoms with E-state index in [1.54, 1.807) is 0 Å². The van der Waals surface area contributed by atoms with Gasteiger partial charge >= 0.3 is 0 Å². The van der Waals surface area contributed by atoms with Gasteiger partial charge in [-0.1, -0.05) is 23.9 Å². The van der Waals surface area contributed by atoms with E-state index in [1.807, 2.05) is 49.1 Å². The van der Waals surface area contributed by atoms with Crippen LogP contribution in [0.1, 0.15) is 18.1 Å². The monoisotopic (exact) mass is 397 g/mol. The van der Waals surface area contributed by atoms with E-state index in [-0.39, 0.29) is 5.91 Å². The number of imidazole rings is 1. The number of fused-ring (bicyclic) bond motifs is 2. The Morgan fingerprint density at radius 3 is 2.82 bits per heavy atom. The predicted octanol–water partition coefficient (Wildman–Crippen LogP) is 3.78. The van der Waals surface area contributed by atoms with Gasteiger partial charge in [-0.3, -0.25) is 4.79 Å². The van der Waals surface area contributed by atoms with Crippen molar-refractivity contribution in [1.29, 1.82) is 0 Å². The van der Waals surface area contributed by atoms with E-state index in [0.717, 1.165) is 33.3 Å². The van der Waals surface area contributed by atoms with Crippen molar-refractivity contribution in [2.75, 3.05) is 25.5 Å². The van der Waals surface area contributed by atoms with Crippen molar-refractivity contribution >= 4 is 28.7 Å². The number of hydrogen-bond acceptors (Lipinski definition) is 5. The van der Waals surface area contributed by atoms with Crippen LogP contribution in [0.2, 0.25) is 0 Å². The molecule has 2 heterocycles. The summed E-state index contributed by atoms with van der Waals surface area (Å²) in [5.74, 6) is 1.94. The molecule has 6 nitrogen and oxygen atoms in total. The van der Waals surface area contributed by atoms with Gasteiger partial charge in [0.1, 0.15) is 13.2 Å². The van der Waals surface area contributed by atoms with Crippen LogP contribution in [0.25, 0.3) is 11.0 Å². The van der Waals surface area contributed by atoms with Crippen molar-refractivity contribution in [3.63, 3.8) is 0 Å². The first-order valence-electron chi connectivity index (χ1n) is 9.38. The fourth-order valence-electron chi connectivity index (χ4n) is 3.17. The molecule has 0 radical (unpaired) electrons. The van der Waals surface area contributed by atoms with Crippen LogP contribution in [0, 0.1) is 6.92 Å². The number of nitrogens with one attached hydrogen (secondary N) is 1. The number of aryl methyl sites for hydroxylation is 1. The lowest BCUT2D eigenvalue weighted by atomic mass is 10.2. The molecule has 1 aliphatic heterocycles. The van der Waals surface area contributed by atoms with E-state index < -0.39 is 0 Å². The Balaban J connectivity index is 1.39. The van der Waals surface area contributed by atoms with E-state index in [9.17, 15) is 4.79 Å². The van der Waals surface area contributed by atoms with Gasteiger partial charge in [-0.25, -0.2) is 4.98 Å². The van der Waals surface area contributed by atoms with Crippen molar-refractivity contribution < 1.29 is 14.3 Å². The maximum Gasteiger partial charge on any atom is 0.233 e. The minimum Gasteiger partial charge on any atom is -0.486 e. The normalized spacial score (nSPS) is 12.9. The molecule has 2 aromatic carbocycles. The van der Waals surface area contributed by atoms with Crippen LogP contribution in [0.15, 0.2) is 41.6 Å². The van der Waals surface area contributed by atoms with Crippen molar-refractivity contribution in [2.45, 2.75) is 25.5 Å². The zero-order chi connectivity index (χ0) is 19.5. The number of carbonyl (C=O) groups is 1. The van der Waals surface area contributed by atoms with Crippen molar-refractivity contribution in [1.82, 2.24) is 14.9 Å². The lowest BCUT2D eigenvalue weighted by molar-refractivity contribution is -0.128. The zero-order valence-corrected chi connectivity index (χ0v) is 16.8. The Morgan fingerprint density at radius 1 is 1.18 bits per heavy atom. The van der Waals surface area contributed by atoms with Crippen LogP contribution >= 0.6 is 11.8 Å². The molecule has 7 heteroatoms. The molecule has 0 atom stereocenters. The average Bonchev–Trinajstić information content (AvgIpc) is 3.12. The third-order valence-electron chi connectivity index (χ3n) is 4.66. The Labute approximate surface area is 168 Å². The minimum absolute atomic E-state index is 0.0824. The Bertz CT molecular complexity index is 1000. The average molecular weight is 398 g/mol. The molecule has 0 bridgehead atoms. The first kappa shape index (κ1) is 18.7. The van der Waals surface area contributed by atoms with Gasteiger partial charge in [0.15, 0.2) is 16.7 Å². The van der Waals surface area contributed by atoms with Gasteiger partial charge < -0.3 is 19.4 Å². The third-order valence-corrected chi connectivity index (χ3v) is 5.52. The fraction of sp³-hybridized carbons (Fsp3) is 0.333. The first-order valence-corrected chi connectivity index (χ1v) is 10.4. The highest BCUT2D eigenvalue weighted by Crippen LogP contribution is 2.31. The smallest absolute Gasteiger partial charge is 0.233 e. The first-order chi connectivity index (χ1) is 13.6. The van der Waals surface area contributed by atoms with Crippen LogP contribution in [0.5, 0.6) is 11.5 Å². The number of nitrogens with zero attached hydrogens (tertiary/aromatic N) is 2. The molecule has 4 rings (SSSR count). The molecule has 0 spiro atoms. The summed E-state index contributed by atoms with van der Waals surface area (Å²) in [4.78, 5) is 22.4. The summed E-state index contributed by atoms with van der Waals surface area (Å²) in [6.45, 7) is 6.36. The number of aromatic nitrogens is 2. The highest BCUT2D eigenvalue weighted by molar-refractivity contribution is 7.99. The van der Waals surface area contributed by atoms with Gasteiger partial charge in [0.25, 0.3) is 0 Å². The standard InChI is InChI=1S/C21H23N3O3S/c1-3-24(12-15-5-7-18-19(11-15)27-9-8-26-18)20(25)13-28-21-22-16-6-4-14(2)10-17(16)23-21/h4-7,10-11H,3,8-9,12-13H2,1-2H3,(H,22,23). The summed E-state index contributed by atoms with van der Waals surface area (Å²) in [5, 5.41) is 0.768. The van der Waals surface area contributed by atoms with Crippen molar-refractivity contribution in [3.8, 4) is 11.5 Å². The molecule has 1 aliphatic rings. The number of carbonyl (C=O) groups excluding carboxylic acids is 1. The number of benzene rings is 2. The van der Waals surface area contributed by atoms with Crippen molar-refractivity contribution in [2.24, 2.45) is 0 Å². The van der Waals surface area contributed by atoms with Gasteiger partial charge in [-0.05, 0) is 49.2 Å². The molecule has 1 N–H and O–H groups in total. The van der Waals surface area contributed by atoms with Gasteiger partial charge in [0, 0.05) is 13.1 Å². The predicted molar refractivity (Wildman–Crippen MR) is 110 cm³/mol. The minimum atomic E-state index is 0.0824. The summed E-state index contributed by atoms with van der Waals surface area (Å²) in [7, 11) is 0. The second-order valence-corrected chi connectivity index (χ2v) is 7.70. The maximum atomic E-state index is 12.7. The molecule has 0 saturated heterocycles.